The lowest BCUT2D eigenvalue weighted by molar-refractivity contribution is 0.573. The normalized spacial score (nSPS) is 11.6. The lowest BCUT2D eigenvalue weighted by Gasteiger charge is -2.30. The third-order valence-corrected chi connectivity index (χ3v) is 5.46. The van der Waals surface area contributed by atoms with E-state index in [1.807, 2.05) is 11.8 Å². The molecule has 0 radical (unpaired) electrons. The molecule has 0 aliphatic carbocycles. The van der Waals surface area contributed by atoms with E-state index >= 15 is 0 Å². The lowest BCUT2D eigenvalue weighted by Crippen LogP contribution is -2.32. The molecule has 5 heteroatoms. The van der Waals surface area contributed by atoms with E-state index in [4.69, 9.17) is 11.6 Å². The molecule has 0 fully saturated rings. The van der Waals surface area contributed by atoms with E-state index < -0.39 is 0 Å². The highest BCUT2D eigenvalue weighted by Crippen LogP contribution is 2.31. The predicted octanol–water partition coefficient (Wildman–Crippen LogP) is 4.03. The van der Waals surface area contributed by atoms with Crippen LogP contribution >= 0.6 is 23.4 Å². The van der Waals surface area contributed by atoms with E-state index in [1.165, 1.54) is 6.33 Å². The molecule has 0 atom stereocenters. The minimum atomic E-state index is 0.266. The highest BCUT2D eigenvalue weighted by Gasteiger charge is 2.25. The van der Waals surface area contributed by atoms with Crippen LogP contribution in [0.15, 0.2) is 6.33 Å². The van der Waals surface area contributed by atoms with Crippen molar-refractivity contribution < 1.29 is 0 Å². The number of nitrogens with zero attached hydrogens (tertiary/aromatic N) is 2. The summed E-state index contributed by atoms with van der Waals surface area (Å²) < 4.78 is 0.266. The highest BCUT2D eigenvalue weighted by molar-refractivity contribution is 8.00. The van der Waals surface area contributed by atoms with Crippen LogP contribution in [0.1, 0.15) is 39.2 Å². The van der Waals surface area contributed by atoms with E-state index in [2.05, 4.69) is 42.3 Å². The van der Waals surface area contributed by atoms with Gasteiger partial charge in [-0.2, -0.15) is 11.8 Å². The summed E-state index contributed by atoms with van der Waals surface area (Å²) in [6, 6.07) is 0. The van der Waals surface area contributed by atoms with Crippen LogP contribution in [-0.2, 0) is 6.42 Å². The van der Waals surface area contributed by atoms with Crippen LogP contribution in [-0.4, -0.2) is 27.5 Å². The summed E-state index contributed by atoms with van der Waals surface area (Å²) in [5.74, 6) is 0.873. The topological polar surface area (TPSA) is 37.8 Å². The van der Waals surface area contributed by atoms with Gasteiger partial charge in [0, 0.05) is 16.9 Å². The molecule has 3 nitrogen and oxygen atoms in total. The van der Waals surface area contributed by atoms with Crippen LogP contribution in [0.5, 0.6) is 0 Å². The Balaban J connectivity index is 2.82. The second-order valence-corrected chi connectivity index (χ2v) is 5.93. The van der Waals surface area contributed by atoms with Crippen molar-refractivity contribution in [3.8, 4) is 0 Å². The molecule has 0 aromatic carbocycles. The van der Waals surface area contributed by atoms with Gasteiger partial charge in [-0.3, -0.25) is 0 Å². The molecule has 0 amide bonds. The van der Waals surface area contributed by atoms with Crippen molar-refractivity contribution in [1.29, 1.82) is 0 Å². The standard InChI is InChI=1S/C13H22ClN3S/c1-5-10-11(14)16-9-17-12(10)15-8-13(6-2,7-3)18-4/h9H,5-8H2,1-4H3,(H,15,16,17). The first kappa shape index (κ1) is 15.6. The summed E-state index contributed by atoms with van der Waals surface area (Å²) >= 11 is 8.00. The minimum absolute atomic E-state index is 0.266. The molecule has 0 saturated heterocycles. The van der Waals surface area contributed by atoms with Crippen molar-refractivity contribution in [2.24, 2.45) is 0 Å². The van der Waals surface area contributed by atoms with Gasteiger partial charge in [0.05, 0.1) is 0 Å². The van der Waals surface area contributed by atoms with Crippen molar-refractivity contribution in [3.63, 3.8) is 0 Å². The van der Waals surface area contributed by atoms with Crippen molar-refractivity contribution in [2.75, 3.05) is 18.1 Å². The molecule has 0 aliphatic rings. The molecule has 1 aromatic heterocycles. The van der Waals surface area contributed by atoms with Crippen LogP contribution in [0.2, 0.25) is 5.15 Å². The number of nitrogens with one attached hydrogen (secondary N) is 1. The number of hydrogen-bond acceptors (Lipinski definition) is 4. The van der Waals surface area contributed by atoms with E-state index in [-0.39, 0.29) is 4.75 Å². The lowest BCUT2D eigenvalue weighted by atomic mass is 10.0. The van der Waals surface area contributed by atoms with E-state index in [0.717, 1.165) is 37.2 Å². The minimum Gasteiger partial charge on any atom is -0.368 e. The average molecular weight is 288 g/mol. The van der Waals surface area contributed by atoms with Gasteiger partial charge in [0.25, 0.3) is 0 Å². The first-order chi connectivity index (χ1) is 8.62. The number of thioether (sulfide) groups is 1. The fourth-order valence-corrected chi connectivity index (χ4v) is 3.02. The quantitative estimate of drug-likeness (QED) is 0.769. The SMILES string of the molecule is CCc1c(Cl)ncnc1NCC(CC)(CC)SC. The maximum atomic E-state index is 6.08. The van der Waals surface area contributed by atoms with Crippen LogP contribution in [0, 0.1) is 0 Å². The first-order valence-corrected chi connectivity index (χ1v) is 8.01. The Hall–Kier alpha value is -0.480. The van der Waals surface area contributed by atoms with Crippen LogP contribution in [0.3, 0.4) is 0 Å². The highest BCUT2D eigenvalue weighted by atomic mass is 35.5. The largest absolute Gasteiger partial charge is 0.368 e. The number of rotatable bonds is 7. The Morgan fingerprint density at radius 1 is 1.28 bits per heavy atom. The summed E-state index contributed by atoms with van der Waals surface area (Å²) in [6.45, 7) is 7.43. The van der Waals surface area contributed by atoms with Gasteiger partial charge in [-0.05, 0) is 25.5 Å². The van der Waals surface area contributed by atoms with Gasteiger partial charge in [-0.1, -0.05) is 32.4 Å². The van der Waals surface area contributed by atoms with E-state index in [1.54, 1.807) is 0 Å². The van der Waals surface area contributed by atoms with Crippen molar-refractivity contribution >= 4 is 29.2 Å². The van der Waals surface area contributed by atoms with Crippen LogP contribution in [0.4, 0.5) is 5.82 Å². The van der Waals surface area contributed by atoms with E-state index in [0.29, 0.717) is 5.15 Å². The Bertz CT molecular complexity index is 372. The number of aromatic nitrogens is 2. The molecule has 1 heterocycles. The van der Waals surface area contributed by atoms with Gasteiger partial charge >= 0.3 is 0 Å². The molecule has 102 valence electrons. The molecule has 0 spiro atoms. The van der Waals surface area contributed by atoms with Crippen LogP contribution in [0.25, 0.3) is 0 Å². The van der Waals surface area contributed by atoms with Gasteiger partial charge in [-0.15, -0.1) is 0 Å². The second kappa shape index (κ2) is 7.19. The van der Waals surface area contributed by atoms with Gasteiger partial charge in [0.15, 0.2) is 0 Å². The zero-order valence-electron chi connectivity index (χ0n) is 11.6. The van der Waals surface area contributed by atoms with E-state index in [9.17, 15) is 0 Å². The van der Waals surface area contributed by atoms with Gasteiger partial charge in [0.1, 0.15) is 17.3 Å². The van der Waals surface area contributed by atoms with Crippen molar-refractivity contribution in [3.05, 3.63) is 17.0 Å². The number of halogens is 1. The summed E-state index contributed by atoms with van der Waals surface area (Å²) in [5, 5.41) is 4.00. The predicted molar refractivity (Wildman–Crippen MR) is 81.7 cm³/mol. The van der Waals surface area contributed by atoms with Crippen molar-refractivity contribution in [1.82, 2.24) is 9.97 Å². The zero-order chi connectivity index (χ0) is 13.6. The monoisotopic (exact) mass is 287 g/mol. The fourth-order valence-electron chi connectivity index (χ4n) is 1.96. The number of hydrogen-bond donors (Lipinski definition) is 1. The average Bonchev–Trinajstić information content (AvgIpc) is 2.41. The molecule has 0 bridgehead atoms. The smallest absolute Gasteiger partial charge is 0.137 e. The molecule has 1 rings (SSSR count). The summed E-state index contributed by atoms with van der Waals surface area (Å²) in [4.78, 5) is 8.33. The Morgan fingerprint density at radius 3 is 2.44 bits per heavy atom. The third-order valence-electron chi connectivity index (χ3n) is 3.55. The summed E-state index contributed by atoms with van der Waals surface area (Å²) in [7, 11) is 0. The molecule has 0 aliphatic heterocycles. The van der Waals surface area contributed by atoms with Crippen LogP contribution < -0.4 is 5.32 Å². The summed E-state index contributed by atoms with van der Waals surface area (Å²) in [5.41, 5.74) is 1.00. The third kappa shape index (κ3) is 3.51. The Labute approximate surface area is 119 Å². The molecule has 1 aromatic rings. The summed E-state index contributed by atoms with van der Waals surface area (Å²) in [6.07, 6.45) is 6.80. The molecule has 0 saturated carbocycles. The Morgan fingerprint density at radius 2 is 1.94 bits per heavy atom. The fraction of sp³-hybridized carbons (Fsp3) is 0.692. The molecular formula is C13H22ClN3S. The molecular weight excluding hydrogens is 266 g/mol. The molecule has 1 N–H and O–H groups in total. The number of anilines is 1. The zero-order valence-corrected chi connectivity index (χ0v) is 13.2. The maximum Gasteiger partial charge on any atom is 0.137 e. The second-order valence-electron chi connectivity index (χ2n) is 4.29. The van der Waals surface area contributed by atoms with Gasteiger partial charge in [-0.25, -0.2) is 9.97 Å². The van der Waals surface area contributed by atoms with Gasteiger partial charge < -0.3 is 5.32 Å². The molecule has 18 heavy (non-hydrogen) atoms. The Kier molecular flexibility index (Phi) is 6.22. The van der Waals surface area contributed by atoms with Gasteiger partial charge in [0.2, 0.25) is 0 Å². The first-order valence-electron chi connectivity index (χ1n) is 6.40. The molecule has 0 unspecified atom stereocenters. The maximum absolute atomic E-state index is 6.08. The van der Waals surface area contributed by atoms with Crippen molar-refractivity contribution in [2.45, 2.75) is 44.8 Å².